The maximum Gasteiger partial charge on any atom is 0.326 e. The van der Waals surface area contributed by atoms with Crippen LogP contribution in [0.3, 0.4) is 0 Å². The van der Waals surface area contributed by atoms with E-state index in [1.54, 1.807) is 41.4 Å². The number of ketones is 1. The number of Topliss-reactive ketones (excluding diaryl/α,β-unsaturated/α-hetero) is 1. The molecule has 44 heavy (non-hydrogen) atoms. The average Bonchev–Trinajstić information content (AvgIpc) is 3.36. The molecule has 1 fully saturated rings. The second-order valence-electron chi connectivity index (χ2n) is 11.6. The maximum absolute atomic E-state index is 14.4. The number of amidine groups is 1. The van der Waals surface area contributed by atoms with E-state index < -0.39 is 41.8 Å². The second-order valence-corrected chi connectivity index (χ2v) is 12.0. The summed E-state index contributed by atoms with van der Waals surface area (Å²) in [6.45, 7) is 6.07. The summed E-state index contributed by atoms with van der Waals surface area (Å²) < 4.78 is 6.33. The third kappa shape index (κ3) is 6.73. The Labute approximate surface area is 260 Å². The zero-order valence-electron chi connectivity index (χ0n) is 24.6. The van der Waals surface area contributed by atoms with Gasteiger partial charge < -0.3 is 20.7 Å². The molecule has 2 aliphatic rings. The van der Waals surface area contributed by atoms with Gasteiger partial charge in [0, 0.05) is 29.9 Å². The average molecular weight is 617 g/mol. The van der Waals surface area contributed by atoms with Crippen molar-refractivity contribution in [2.45, 2.75) is 44.9 Å². The highest BCUT2D eigenvalue weighted by molar-refractivity contribution is 6.30. The van der Waals surface area contributed by atoms with Crippen molar-refractivity contribution in [3.05, 3.63) is 94.3 Å². The van der Waals surface area contributed by atoms with Gasteiger partial charge in [-0.2, -0.15) is 0 Å². The van der Waals surface area contributed by atoms with Crippen LogP contribution in [0, 0.1) is 0 Å². The number of rotatable bonds is 7. The van der Waals surface area contributed by atoms with Crippen LogP contribution in [0.2, 0.25) is 5.02 Å². The van der Waals surface area contributed by atoms with E-state index in [-0.39, 0.29) is 29.6 Å². The van der Waals surface area contributed by atoms with Crippen molar-refractivity contribution in [3.63, 3.8) is 0 Å². The fourth-order valence-electron chi connectivity index (χ4n) is 5.23. The molecule has 1 aromatic heterocycles. The maximum atomic E-state index is 14.4. The van der Waals surface area contributed by atoms with Crippen molar-refractivity contribution in [2.24, 2.45) is 10.7 Å². The van der Waals surface area contributed by atoms with Crippen LogP contribution < -0.4 is 15.8 Å². The molecule has 0 saturated carbocycles. The number of hydrogen-bond acceptors (Lipinski definition) is 7. The normalized spacial score (nSPS) is 18.5. The summed E-state index contributed by atoms with van der Waals surface area (Å²) in [5.41, 5.74) is 6.64. The van der Waals surface area contributed by atoms with Gasteiger partial charge in [0.15, 0.2) is 5.78 Å². The molecule has 11 nitrogen and oxygen atoms in total. The van der Waals surface area contributed by atoms with Gasteiger partial charge in [0.2, 0.25) is 11.8 Å². The molecular weight excluding hydrogens is 584 g/mol. The van der Waals surface area contributed by atoms with E-state index in [2.05, 4.69) is 10.3 Å². The second kappa shape index (κ2) is 12.5. The number of ether oxygens (including phenoxy) is 1. The van der Waals surface area contributed by atoms with Gasteiger partial charge in [-0.05, 0) is 62.7 Å². The number of pyridine rings is 1. The molecule has 3 aromatic rings. The molecule has 12 heteroatoms. The topological polar surface area (TPSA) is 147 Å². The van der Waals surface area contributed by atoms with Crippen molar-refractivity contribution < 1.29 is 23.9 Å². The molecule has 3 heterocycles. The number of urea groups is 1. The number of benzene rings is 2. The number of aromatic nitrogens is 1. The van der Waals surface area contributed by atoms with Gasteiger partial charge in [-0.25, -0.2) is 4.79 Å². The number of piperazine rings is 1. The Morgan fingerprint density at radius 3 is 2.48 bits per heavy atom. The number of aliphatic imine (C=N–C) groups is 1. The van der Waals surface area contributed by atoms with Gasteiger partial charge in [0.1, 0.15) is 29.8 Å². The summed E-state index contributed by atoms with van der Waals surface area (Å²) in [5, 5.41) is 3.29. The van der Waals surface area contributed by atoms with Gasteiger partial charge in [-0.3, -0.25) is 29.3 Å². The number of nitrogens with two attached hydrogens (primary N) is 1. The first kappa shape index (κ1) is 30.7. The fourth-order valence-corrected chi connectivity index (χ4v) is 5.35. The third-order valence-corrected chi connectivity index (χ3v) is 7.33. The predicted molar refractivity (Wildman–Crippen MR) is 164 cm³/mol. The van der Waals surface area contributed by atoms with Crippen LogP contribution in [0.4, 0.5) is 4.79 Å². The van der Waals surface area contributed by atoms with Crippen LogP contribution in [-0.4, -0.2) is 69.5 Å². The first-order chi connectivity index (χ1) is 20.9. The summed E-state index contributed by atoms with van der Waals surface area (Å²) in [5.74, 6) is -0.902. The summed E-state index contributed by atoms with van der Waals surface area (Å²) in [6, 6.07) is 15.7. The minimum atomic E-state index is -0.746. The van der Waals surface area contributed by atoms with Crippen LogP contribution in [0.15, 0.2) is 71.9 Å². The fraction of sp³-hybridized carbons (Fsp3) is 0.312. The smallest absolute Gasteiger partial charge is 0.326 e. The third-order valence-electron chi connectivity index (χ3n) is 7.08. The number of amides is 4. The standard InChI is InChI=1S/C32H33ClN6O5/c1-32(2,3)44-25-16-20(24(40)17-26(34)41)9-12-22(25)30-37-28(23-6-4-5-13-35-23)29(19-7-10-21(33)11-8-19)39(30)31(43)38-15-14-36-27(42)18-38/h4-13,16,28-29H,14-15,17-18H2,1-3H3,(H2,34,41)(H,36,42). The van der Waals surface area contributed by atoms with Crippen LogP contribution >= 0.6 is 11.6 Å². The van der Waals surface area contributed by atoms with E-state index >= 15 is 0 Å². The minimum Gasteiger partial charge on any atom is -0.487 e. The summed E-state index contributed by atoms with van der Waals surface area (Å²) in [4.78, 5) is 63.8. The van der Waals surface area contributed by atoms with E-state index in [4.69, 9.17) is 27.1 Å². The van der Waals surface area contributed by atoms with Crippen LogP contribution in [-0.2, 0) is 9.59 Å². The number of nitrogens with zero attached hydrogens (tertiary/aromatic N) is 4. The zero-order chi connectivity index (χ0) is 31.6. The van der Waals surface area contributed by atoms with E-state index in [0.29, 0.717) is 29.4 Å². The van der Waals surface area contributed by atoms with Gasteiger partial charge in [0.25, 0.3) is 0 Å². The van der Waals surface area contributed by atoms with E-state index in [1.807, 2.05) is 45.0 Å². The van der Waals surface area contributed by atoms with Gasteiger partial charge in [-0.1, -0.05) is 35.9 Å². The molecule has 228 valence electrons. The Kier molecular flexibility index (Phi) is 8.68. The van der Waals surface area contributed by atoms with Crippen LogP contribution in [0.25, 0.3) is 0 Å². The first-order valence-corrected chi connectivity index (χ1v) is 14.5. The molecule has 2 unspecified atom stereocenters. The Hall–Kier alpha value is -4.77. The lowest BCUT2D eigenvalue weighted by Gasteiger charge is -2.36. The Morgan fingerprint density at radius 1 is 1.09 bits per heavy atom. The van der Waals surface area contributed by atoms with Gasteiger partial charge >= 0.3 is 6.03 Å². The molecule has 1 saturated heterocycles. The molecule has 0 aliphatic carbocycles. The first-order valence-electron chi connectivity index (χ1n) is 14.2. The van der Waals surface area contributed by atoms with Crippen molar-refractivity contribution in [1.29, 1.82) is 0 Å². The van der Waals surface area contributed by atoms with Crippen molar-refractivity contribution in [1.82, 2.24) is 20.1 Å². The Bertz CT molecular complexity index is 1620. The Balaban J connectivity index is 1.71. The molecule has 2 atom stereocenters. The zero-order valence-corrected chi connectivity index (χ0v) is 25.4. The summed E-state index contributed by atoms with van der Waals surface area (Å²) in [6.07, 6.45) is 1.20. The van der Waals surface area contributed by atoms with Crippen molar-refractivity contribution in [2.75, 3.05) is 19.6 Å². The van der Waals surface area contributed by atoms with E-state index in [0.717, 1.165) is 5.56 Å². The highest BCUT2D eigenvalue weighted by Gasteiger charge is 2.45. The molecular formula is C32H33ClN6O5. The van der Waals surface area contributed by atoms with E-state index in [1.165, 1.54) is 11.0 Å². The van der Waals surface area contributed by atoms with Crippen molar-refractivity contribution >= 4 is 41.1 Å². The predicted octanol–water partition coefficient (Wildman–Crippen LogP) is 4.07. The van der Waals surface area contributed by atoms with Gasteiger partial charge in [0.05, 0.1) is 23.7 Å². The monoisotopic (exact) mass is 616 g/mol. The highest BCUT2D eigenvalue weighted by atomic mass is 35.5. The van der Waals surface area contributed by atoms with Crippen LogP contribution in [0.5, 0.6) is 5.75 Å². The summed E-state index contributed by atoms with van der Waals surface area (Å²) >= 11 is 6.24. The molecule has 4 amide bonds. The van der Waals surface area contributed by atoms with Crippen molar-refractivity contribution in [3.8, 4) is 5.75 Å². The Morgan fingerprint density at radius 2 is 1.84 bits per heavy atom. The minimum absolute atomic E-state index is 0.115. The highest BCUT2D eigenvalue weighted by Crippen LogP contribution is 2.45. The number of primary amides is 1. The molecule has 0 radical (unpaired) electrons. The number of hydrogen-bond donors (Lipinski definition) is 2. The lowest BCUT2D eigenvalue weighted by molar-refractivity contribution is -0.123. The molecule has 2 aromatic carbocycles. The molecule has 5 rings (SSSR count). The molecule has 3 N–H and O–H groups in total. The number of nitrogens with one attached hydrogen (secondary N) is 1. The SMILES string of the molecule is CC(C)(C)Oc1cc(C(=O)CC(N)=O)ccc1C1=NC(c2ccccn2)C(c2ccc(Cl)cc2)N1C(=O)N1CCNC(=O)C1. The number of carbonyl (C=O) groups excluding carboxylic acids is 4. The van der Waals surface area contributed by atoms with Gasteiger partial charge in [-0.15, -0.1) is 0 Å². The number of carbonyl (C=O) groups is 4. The lowest BCUT2D eigenvalue weighted by atomic mass is 9.96. The quantitative estimate of drug-likeness (QED) is 0.302. The van der Waals surface area contributed by atoms with Crippen LogP contribution in [0.1, 0.15) is 66.5 Å². The molecule has 2 aliphatic heterocycles. The van der Waals surface area contributed by atoms with E-state index in [9.17, 15) is 19.2 Å². The summed E-state index contributed by atoms with van der Waals surface area (Å²) in [7, 11) is 0. The number of halogens is 1. The largest absolute Gasteiger partial charge is 0.487 e. The lowest BCUT2D eigenvalue weighted by Crippen LogP contribution is -2.55. The molecule has 0 bridgehead atoms. The molecule has 0 spiro atoms.